The number of carbonyl (C=O) groups is 1. The molecule has 10 heteroatoms. The number of methoxy groups -OCH3 is 1. The third-order valence-electron chi connectivity index (χ3n) is 5.13. The van der Waals surface area contributed by atoms with E-state index in [1.807, 2.05) is 6.92 Å². The number of aryl methyl sites for hydroxylation is 1. The van der Waals surface area contributed by atoms with Crippen LogP contribution >= 0.6 is 0 Å². The molecular weight excluding hydrogens is 429 g/mol. The maximum absolute atomic E-state index is 13.5. The van der Waals surface area contributed by atoms with Crippen LogP contribution in [0.2, 0.25) is 0 Å². The molecule has 1 amide bonds. The molecule has 0 aliphatic rings. The predicted molar refractivity (Wildman–Crippen MR) is 120 cm³/mol. The fourth-order valence-electron chi connectivity index (χ4n) is 3.65. The average Bonchev–Trinajstić information content (AvgIpc) is 3.10. The lowest BCUT2D eigenvalue weighted by molar-refractivity contribution is 0.0997. The van der Waals surface area contributed by atoms with Crippen LogP contribution < -0.4 is 20.9 Å². The Morgan fingerprint density at radius 2 is 1.82 bits per heavy atom. The summed E-state index contributed by atoms with van der Waals surface area (Å²) in [6.45, 7) is 4.32. The molecule has 9 nitrogen and oxygen atoms in total. The minimum Gasteiger partial charge on any atom is -0.493 e. The maximum atomic E-state index is 13.5. The highest BCUT2D eigenvalue weighted by Gasteiger charge is 2.24. The van der Waals surface area contributed by atoms with E-state index in [0.29, 0.717) is 29.4 Å². The smallest absolute Gasteiger partial charge is 0.335 e. The molecule has 0 spiro atoms. The van der Waals surface area contributed by atoms with Gasteiger partial charge in [-0.15, -0.1) is 0 Å². The molecule has 4 aromatic rings. The van der Waals surface area contributed by atoms with Gasteiger partial charge in [0.1, 0.15) is 11.3 Å². The van der Waals surface area contributed by atoms with E-state index < -0.39 is 17.4 Å². The molecule has 33 heavy (non-hydrogen) atoms. The zero-order valence-corrected chi connectivity index (χ0v) is 18.3. The second-order valence-electron chi connectivity index (χ2n) is 7.07. The van der Waals surface area contributed by atoms with Crippen molar-refractivity contribution in [2.75, 3.05) is 13.7 Å². The molecule has 2 heterocycles. The van der Waals surface area contributed by atoms with Crippen molar-refractivity contribution in [3.8, 4) is 28.6 Å². The van der Waals surface area contributed by atoms with Crippen molar-refractivity contribution in [3.63, 3.8) is 0 Å². The molecule has 4 rings (SSSR count). The van der Waals surface area contributed by atoms with E-state index in [9.17, 15) is 14.0 Å². The fraction of sp³-hybridized carbons (Fsp3) is 0.217. The zero-order chi connectivity index (χ0) is 23.7. The molecule has 0 unspecified atom stereocenters. The number of aromatic nitrogens is 4. The molecule has 0 aliphatic heterocycles. The largest absolute Gasteiger partial charge is 0.493 e. The Hall–Kier alpha value is -4.21. The van der Waals surface area contributed by atoms with Gasteiger partial charge in [0, 0.05) is 12.1 Å². The molecule has 2 aromatic carbocycles. The minimum atomic E-state index is -0.806. The van der Waals surface area contributed by atoms with Crippen molar-refractivity contribution >= 4 is 17.1 Å². The summed E-state index contributed by atoms with van der Waals surface area (Å²) in [5.41, 5.74) is 6.41. The van der Waals surface area contributed by atoms with Gasteiger partial charge >= 0.3 is 5.69 Å². The summed E-state index contributed by atoms with van der Waals surface area (Å²) >= 11 is 0. The van der Waals surface area contributed by atoms with Gasteiger partial charge in [0.15, 0.2) is 28.7 Å². The number of imidazole rings is 1. The van der Waals surface area contributed by atoms with E-state index >= 15 is 0 Å². The van der Waals surface area contributed by atoms with Crippen LogP contribution in [0.1, 0.15) is 24.3 Å². The number of nitrogens with zero attached hydrogens (tertiary/aromatic N) is 4. The molecule has 0 aliphatic carbocycles. The van der Waals surface area contributed by atoms with Gasteiger partial charge in [0.25, 0.3) is 5.91 Å². The van der Waals surface area contributed by atoms with Gasteiger partial charge in [0.2, 0.25) is 0 Å². The summed E-state index contributed by atoms with van der Waals surface area (Å²) in [6, 6.07) is 10.5. The van der Waals surface area contributed by atoms with Crippen LogP contribution in [-0.4, -0.2) is 38.7 Å². The van der Waals surface area contributed by atoms with Gasteiger partial charge in [-0.05, 0) is 56.3 Å². The molecule has 0 saturated carbocycles. The normalized spacial score (nSPS) is 11.0. The van der Waals surface area contributed by atoms with Crippen LogP contribution in [0.5, 0.6) is 11.5 Å². The fourth-order valence-corrected chi connectivity index (χ4v) is 3.65. The molecular formula is C23H22FN5O4. The summed E-state index contributed by atoms with van der Waals surface area (Å²) in [6.07, 6.45) is 0. The lowest BCUT2D eigenvalue weighted by Gasteiger charge is -2.11. The number of hydrogen-bond acceptors (Lipinski definition) is 6. The summed E-state index contributed by atoms with van der Waals surface area (Å²) in [4.78, 5) is 34.5. The molecule has 0 atom stereocenters. The number of carbonyl (C=O) groups excluding carboxylic acids is 1. The van der Waals surface area contributed by atoms with E-state index in [1.165, 1.54) is 40.5 Å². The van der Waals surface area contributed by atoms with Crippen molar-refractivity contribution in [1.29, 1.82) is 0 Å². The molecule has 2 N–H and O–H groups in total. The Labute approximate surface area is 188 Å². The lowest BCUT2D eigenvalue weighted by atomic mass is 10.1. The lowest BCUT2D eigenvalue weighted by Crippen LogP contribution is -2.23. The first-order valence-electron chi connectivity index (χ1n) is 10.3. The summed E-state index contributed by atoms with van der Waals surface area (Å²) < 4.78 is 27.1. The molecule has 0 bridgehead atoms. The highest BCUT2D eigenvalue weighted by molar-refractivity contribution is 6.02. The number of hydrogen-bond donors (Lipinski definition) is 1. The number of primary amides is 1. The maximum Gasteiger partial charge on any atom is 0.335 e. The van der Waals surface area contributed by atoms with Crippen LogP contribution in [-0.2, 0) is 6.54 Å². The van der Waals surface area contributed by atoms with Gasteiger partial charge in [-0.1, -0.05) is 0 Å². The number of nitrogens with two attached hydrogens (primary N) is 1. The third-order valence-corrected chi connectivity index (χ3v) is 5.13. The Morgan fingerprint density at radius 1 is 1.09 bits per heavy atom. The number of ether oxygens (including phenoxy) is 2. The number of benzene rings is 2. The highest BCUT2D eigenvalue weighted by Crippen LogP contribution is 2.32. The monoisotopic (exact) mass is 451 g/mol. The minimum absolute atomic E-state index is 0.0948. The first kappa shape index (κ1) is 22.0. The van der Waals surface area contributed by atoms with Crippen LogP contribution in [0.15, 0.2) is 47.3 Å². The van der Waals surface area contributed by atoms with Gasteiger partial charge < -0.3 is 15.2 Å². The van der Waals surface area contributed by atoms with E-state index in [4.69, 9.17) is 15.2 Å². The summed E-state index contributed by atoms with van der Waals surface area (Å²) in [7, 11) is 1.51. The van der Waals surface area contributed by atoms with Crippen LogP contribution in [0.3, 0.4) is 0 Å². The van der Waals surface area contributed by atoms with E-state index in [2.05, 4.69) is 9.97 Å². The van der Waals surface area contributed by atoms with Gasteiger partial charge in [-0.3, -0.25) is 9.36 Å². The number of rotatable bonds is 7. The summed E-state index contributed by atoms with van der Waals surface area (Å²) in [5, 5.41) is 0. The first-order chi connectivity index (χ1) is 15.9. The van der Waals surface area contributed by atoms with Crippen LogP contribution in [0, 0.1) is 5.82 Å². The Balaban J connectivity index is 2.04. The predicted octanol–water partition coefficient (Wildman–Crippen LogP) is 2.91. The van der Waals surface area contributed by atoms with Gasteiger partial charge in [0.05, 0.1) is 19.4 Å². The van der Waals surface area contributed by atoms with E-state index in [-0.39, 0.29) is 29.2 Å². The van der Waals surface area contributed by atoms with Crippen molar-refractivity contribution in [3.05, 3.63) is 64.5 Å². The molecule has 2 aromatic heterocycles. The number of amides is 1. The standard InChI is InChI=1S/C23H22FN5O4/c1-4-28-19-18(20(25)30)26-21(13-6-11-16(33-5-2)17(12-13)32-3)27-22(19)29(23(28)31)15-9-7-14(24)8-10-15/h6-12H,4-5H2,1-3H3,(H2,25,30). The quantitative estimate of drug-likeness (QED) is 0.462. The molecule has 170 valence electrons. The average molecular weight is 451 g/mol. The first-order valence-corrected chi connectivity index (χ1v) is 10.3. The highest BCUT2D eigenvalue weighted by atomic mass is 19.1. The van der Waals surface area contributed by atoms with Crippen molar-refractivity contribution in [1.82, 2.24) is 19.1 Å². The number of halogens is 1. The van der Waals surface area contributed by atoms with Crippen LogP contribution in [0.4, 0.5) is 4.39 Å². The van der Waals surface area contributed by atoms with Gasteiger partial charge in [-0.25, -0.2) is 23.7 Å². The van der Waals surface area contributed by atoms with E-state index in [0.717, 1.165) is 0 Å². The molecule has 0 saturated heterocycles. The van der Waals surface area contributed by atoms with Crippen molar-refractivity contribution in [2.45, 2.75) is 20.4 Å². The Morgan fingerprint density at radius 3 is 2.42 bits per heavy atom. The SMILES string of the molecule is CCOc1ccc(-c2nc(C(N)=O)c3c(n2)n(-c2ccc(F)cc2)c(=O)n3CC)cc1OC. The Kier molecular flexibility index (Phi) is 5.82. The Bertz CT molecular complexity index is 1410. The van der Waals surface area contributed by atoms with Crippen LogP contribution in [0.25, 0.3) is 28.2 Å². The van der Waals surface area contributed by atoms with E-state index in [1.54, 1.807) is 25.1 Å². The zero-order valence-electron chi connectivity index (χ0n) is 18.3. The number of fused-ring (bicyclic) bond motifs is 1. The third kappa shape index (κ3) is 3.79. The van der Waals surface area contributed by atoms with Crippen molar-refractivity contribution in [2.24, 2.45) is 5.73 Å². The molecule has 0 radical (unpaired) electrons. The van der Waals surface area contributed by atoms with Gasteiger partial charge in [-0.2, -0.15) is 0 Å². The summed E-state index contributed by atoms with van der Waals surface area (Å²) in [5.74, 6) is -0.0801. The van der Waals surface area contributed by atoms with Crippen molar-refractivity contribution < 1.29 is 18.7 Å². The second kappa shape index (κ2) is 8.73. The topological polar surface area (TPSA) is 114 Å². The second-order valence-corrected chi connectivity index (χ2v) is 7.07. The molecule has 0 fully saturated rings.